The average Bonchev–Trinajstić information content (AvgIpc) is 2.98. The first-order chi connectivity index (χ1) is 10.7. The number of pyridine rings is 1. The normalized spacial score (nSPS) is 18.5. The van der Waals surface area contributed by atoms with Crippen LogP contribution in [0.5, 0.6) is 0 Å². The van der Waals surface area contributed by atoms with Crippen molar-refractivity contribution in [3.63, 3.8) is 0 Å². The molecule has 0 aromatic carbocycles. The van der Waals surface area contributed by atoms with Crippen LogP contribution in [-0.4, -0.2) is 21.9 Å². The van der Waals surface area contributed by atoms with Gasteiger partial charge in [-0.05, 0) is 44.7 Å². The highest BCUT2D eigenvalue weighted by Crippen LogP contribution is 2.34. The first-order valence-electron chi connectivity index (χ1n) is 7.87. The maximum Gasteiger partial charge on any atom is 0.223 e. The quantitative estimate of drug-likeness (QED) is 0.942. The maximum atomic E-state index is 12.3. The lowest BCUT2D eigenvalue weighted by Crippen LogP contribution is -2.38. The number of thiazole rings is 1. The van der Waals surface area contributed by atoms with E-state index < -0.39 is 0 Å². The molecule has 22 heavy (non-hydrogen) atoms. The summed E-state index contributed by atoms with van der Waals surface area (Å²) in [5, 5.41) is 4.07. The lowest BCUT2D eigenvalue weighted by Gasteiger charge is -2.22. The van der Waals surface area contributed by atoms with E-state index in [1.54, 1.807) is 17.5 Å². The Bertz CT molecular complexity index is 653. The molecule has 0 bridgehead atoms. The zero-order valence-electron chi connectivity index (χ0n) is 13.0. The molecule has 0 aliphatic heterocycles. The van der Waals surface area contributed by atoms with Crippen molar-refractivity contribution in [2.24, 2.45) is 5.92 Å². The van der Waals surface area contributed by atoms with Gasteiger partial charge in [0.1, 0.15) is 5.01 Å². The number of carbonyl (C=O) groups excluding carboxylic acids is 1. The van der Waals surface area contributed by atoms with Crippen LogP contribution >= 0.6 is 11.3 Å². The van der Waals surface area contributed by atoms with E-state index in [0.29, 0.717) is 0 Å². The molecule has 0 fully saturated rings. The molecule has 1 amide bonds. The summed E-state index contributed by atoms with van der Waals surface area (Å²) in [5.74, 6) is 0.270. The predicted octanol–water partition coefficient (Wildman–Crippen LogP) is 3.22. The van der Waals surface area contributed by atoms with E-state index in [-0.39, 0.29) is 17.9 Å². The second kappa shape index (κ2) is 6.57. The minimum atomic E-state index is 0.0820. The SMILES string of the molecule is CCC(C)NC(=O)C1CCc2nc(-c3ccccn3)sc2C1. The maximum absolute atomic E-state index is 12.3. The standard InChI is InChI=1S/C17H21N3OS/c1-3-11(2)19-16(21)12-7-8-13-15(10-12)22-17(20-13)14-6-4-5-9-18-14/h4-6,9,11-12H,3,7-8,10H2,1-2H3,(H,19,21). The van der Waals surface area contributed by atoms with Crippen molar-refractivity contribution >= 4 is 17.2 Å². The Morgan fingerprint density at radius 2 is 2.36 bits per heavy atom. The van der Waals surface area contributed by atoms with Crippen LogP contribution in [0.2, 0.25) is 0 Å². The highest BCUT2D eigenvalue weighted by Gasteiger charge is 2.28. The van der Waals surface area contributed by atoms with Gasteiger partial charge in [0, 0.05) is 23.0 Å². The van der Waals surface area contributed by atoms with E-state index in [0.717, 1.165) is 42.1 Å². The molecule has 3 rings (SSSR count). The molecule has 4 nitrogen and oxygen atoms in total. The Morgan fingerprint density at radius 1 is 1.50 bits per heavy atom. The van der Waals surface area contributed by atoms with Crippen LogP contribution in [0, 0.1) is 5.92 Å². The number of fused-ring (bicyclic) bond motifs is 1. The van der Waals surface area contributed by atoms with E-state index in [1.165, 1.54) is 4.88 Å². The van der Waals surface area contributed by atoms with Gasteiger partial charge in [-0.2, -0.15) is 0 Å². The van der Waals surface area contributed by atoms with Crippen molar-refractivity contribution < 1.29 is 4.79 Å². The highest BCUT2D eigenvalue weighted by molar-refractivity contribution is 7.15. The van der Waals surface area contributed by atoms with E-state index in [9.17, 15) is 4.79 Å². The predicted molar refractivity (Wildman–Crippen MR) is 88.8 cm³/mol. The number of hydrogen-bond acceptors (Lipinski definition) is 4. The number of nitrogens with zero attached hydrogens (tertiary/aromatic N) is 2. The van der Waals surface area contributed by atoms with E-state index >= 15 is 0 Å². The summed E-state index contributed by atoms with van der Waals surface area (Å²) in [6, 6.07) is 6.12. The number of nitrogens with one attached hydrogen (secondary N) is 1. The topological polar surface area (TPSA) is 54.9 Å². The van der Waals surface area contributed by atoms with Gasteiger partial charge < -0.3 is 5.32 Å². The monoisotopic (exact) mass is 315 g/mol. The molecule has 0 radical (unpaired) electrons. The molecule has 0 saturated heterocycles. The summed E-state index contributed by atoms with van der Waals surface area (Å²) in [7, 11) is 0. The molecule has 1 aliphatic carbocycles. The second-order valence-corrected chi connectivity index (χ2v) is 6.95. The molecule has 0 spiro atoms. The van der Waals surface area contributed by atoms with Crippen molar-refractivity contribution in [2.75, 3.05) is 0 Å². The van der Waals surface area contributed by atoms with E-state index in [1.807, 2.05) is 18.2 Å². The van der Waals surface area contributed by atoms with Gasteiger partial charge in [0.15, 0.2) is 0 Å². The molecule has 116 valence electrons. The molecular formula is C17H21N3OS. The van der Waals surface area contributed by atoms with Gasteiger partial charge in [-0.1, -0.05) is 13.0 Å². The fourth-order valence-electron chi connectivity index (χ4n) is 2.66. The van der Waals surface area contributed by atoms with Gasteiger partial charge in [-0.25, -0.2) is 4.98 Å². The zero-order valence-corrected chi connectivity index (χ0v) is 13.8. The lowest BCUT2D eigenvalue weighted by atomic mass is 9.90. The summed E-state index contributed by atoms with van der Waals surface area (Å²) < 4.78 is 0. The Labute approximate surface area is 135 Å². The molecule has 2 unspecified atom stereocenters. The molecular weight excluding hydrogens is 294 g/mol. The number of carbonyl (C=O) groups is 1. The van der Waals surface area contributed by atoms with Crippen LogP contribution in [-0.2, 0) is 17.6 Å². The van der Waals surface area contributed by atoms with Crippen LogP contribution in [0.25, 0.3) is 10.7 Å². The minimum absolute atomic E-state index is 0.0820. The van der Waals surface area contributed by atoms with Crippen molar-refractivity contribution in [3.05, 3.63) is 35.0 Å². The lowest BCUT2D eigenvalue weighted by molar-refractivity contribution is -0.125. The number of hydrogen-bond donors (Lipinski definition) is 1. The molecule has 1 N–H and O–H groups in total. The third-order valence-corrected chi connectivity index (χ3v) is 5.34. The summed E-state index contributed by atoms with van der Waals surface area (Å²) in [5.41, 5.74) is 2.07. The Balaban J connectivity index is 1.74. The van der Waals surface area contributed by atoms with Gasteiger partial charge in [-0.3, -0.25) is 9.78 Å². The average molecular weight is 315 g/mol. The molecule has 1 aliphatic rings. The zero-order chi connectivity index (χ0) is 15.5. The van der Waals surface area contributed by atoms with Crippen LogP contribution in [0.1, 0.15) is 37.3 Å². The van der Waals surface area contributed by atoms with E-state index in [4.69, 9.17) is 4.98 Å². The van der Waals surface area contributed by atoms with Crippen LogP contribution in [0.3, 0.4) is 0 Å². The number of aryl methyl sites for hydroxylation is 1. The number of amides is 1. The third kappa shape index (κ3) is 3.19. The second-order valence-electron chi connectivity index (χ2n) is 5.86. The Hall–Kier alpha value is -1.75. The molecule has 2 atom stereocenters. The van der Waals surface area contributed by atoms with Crippen molar-refractivity contribution in [2.45, 2.75) is 45.6 Å². The van der Waals surface area contributed by atoms with Crippen molar-refractivity contribution in [1.29, 1.82) is 0 Å². The minimum Gasteiger partial charge on any atom is -0.353 e. The Morgan fingerprint density at radius 3 is 3.09 bits per heavy atom. The number of aromatic nitrogens is 2. The molecule has 5 heteroatoms. The summed E-state index contributed by atoms with van der Waals surface area (Å²) in [6.45, 7) is 4.14. The third-order valence-electron chi connectivity index (χ3n) is 4.20. The van der Waals surface area contributed by atoms with Crippen molar-refractivity contribution in [3.8, 4) is 10.7 Å². The van der Waals surface area contributed by atoms with Gasteiger partial charge in [-0.15, -0.1) is 11.3 Å². The molecule has 2 aromatic heterocycles. The smallest absolute Gasteiger partial charge is 0.223 e. The largest absolute Gasteiger partial charge is 0.353 e. The first kappa shape index (κ1) is 15.2. The van der Waals surface area contributed by atoms with Gasteiger partial charge in [0.05, 0.1) is 11.4 Å². The summed E-state index contributed by atoms with van der Waals surface area (Å²) in [6.07, 6.45) is 5.34. The van der Waals surface area contributed by atoms with Gasteiger partial charge in [0.2, 0.25) is 5.91 Å². The molecule has 0 saturated carbocycles. The fraction of sp³-hybridized carbons (Fsp3) is 0.471. The van der Waals surface area contributed by atoms with Crippen molar-refractivity contribution in [1.82, 2.24) is 15.3 Å². The van der Waals surface area contributed by atoms with Gasteiger partial charge in [0.25, 0.3) is 0 Å². The summed E-state index contributed by atoms with van der Waals surface area (Å²) in [4.78, 5) is 22.6. The first-order valence-corrected chi connectivity index (χ1v) is 8.69. The molecule has 2 heterocycles. The highest BCUT2D eigenvalue weighted by atomic mass is 32.1. The number of rotatable bonds is 4. The summed E-state index contributed by atoms with van der Waals surface area (Å²) >= 11 is 1.68. The molecule has 2 aromatic rings. The van der Waals surface area contributed by atoms with Crippen LogP contribution in [0.15, 0.2) is 24.4 Å². The Kier molecular flexibility index (Phi) is 4.52. The van der Waals surface area contributed by atoms with Crippen LogP contribution in [0.4, 0.5) is 0 Å². The fourth-order valence-corrected chi connectivity index (χ4v) is 3.82. The van der Waals surface area contributed by atoms with Gasteiger partial charge >= 0.3 is 0 Å². The van der Waals surface area contributed by atoms with Crippen LogP contribution < -0.4 is 5.32 Å². The van der Waals surface area contributed by atoms with E-state index in [2.05, 4.69) is 24.1 Å².